The van der Waals surface area contributed by atoms with E-state index in [1.165, 1.54) is 0 Å². The van der Waals surface area contributed by atoms with Crippen molar-refractivity contribution in [1.29, 1.82) is 0 Å². The Labute approximate surface area is 125 Å². The Kier molecular flexibility index (Phi) is 6.45. The van der Waals surface area contributed by atoms with Gasteiger partial charge in [-0.1, -0.05) is 24.4 Å². The van der Waals surface area contributed by atoms with Crippen LogP contribution in [0.25, 0.3) is 0 Å². The highest BCUT2D eigenvalue weighted by Crippen LogP contribution is 2.13. The normalized spacial score (nSPS) is 10.4. The molecule has 0 aliphatic heterocycles. The van der Waals surface area contributed by atoms with Crippen molar-refractivity contribution in [3.05, 3.63) is 29.8 Å². The van der Waals surface area contributed by atoms with Gasteiger partial charge in [0.05, 0.1) is 18.5 Å². The standard InChI is InChI=1S/C15H22N2O2S/c1-11(2)17(9-8-14(16)20)15(18)10-12-4-6-13(19-3)7-5-12/h4-7,11H,8-10H2,1-3H3,(H2,16,20). The fourth-order valence-corrected chi connectivity index (χ4v) is 2.01. The SMILES string of the molecule is COc1ccc(CC(=O)N(CCC(N)=S)C(C)C)cc1. The second kappa shape index (κ2) is 7.85. The maximum absolute atomic E-state index is 12.3. The Hall–Kier alpha value is -1.62. The summed E-state index contributed by atoms with van der Waals surface area (Å²) in [5, 5.41) is 0. The van der Waals surface area contributed by atoms with Gasteiger partial charge >= 0.3 is 0 Å². The molecule has 0 heterocycles. The van der Waals surface area contributed by atoms with Gasteiger partial charge in [-0.05, 0) is 31.5 Å². The van der Waals surface area contributed by atoms with Crippen molar-refractivity contribution in [2.24, 2.45) is 5.73 Å². The summed E-state index contributed by atoms with van der Waals surface area (Å²) in [7, 11) is 1.62. The summed E-state index contributed by atoms with van der Waals surface area (Å²) in [6.07, 6.45) is 0.932. The minimum Gasteiger partial charge on any atom is -0.497 e. The molecule has 1 aromatic rings. The molecule has 0 aliphatic rings. The molecule has 0 aromatic heterocycles. The van der Waals surface area contributed by atoms with E-state index in [4.69, 9.17) is 22.7 Å². The van der Waals surface area contributed by atoms with Crippen molar-refractivity contribution in [3.63, 3.8) is 0 Å². The lowest BCUT2D eigenvalue weighted by atomic mass is 10.1. The Balaban J connectivity index is 2.66. The van der Waals surface area contributed by atoms with Gasteiger partial charge in [0.1, 0.15) is 5.75 Å². The first kappa shape index (κ1) is 16.4. The largest absolute Gasteiger partial charge is 0.497 e. The molecule has 4 nitrogen and oxygen atoms in total. The molecule has 0 aliphatic carbocycles. The maximum atomic E-state index is 12.3. The lowest BCUT2D eigenvalue weighted by Gasteiger charge is -2.26. The zero-order chi connectivity index (χ0) is 15.1. The number of benzene rings is 1. The van der Waals surface area contributed by atoms with Crippen molar-refractivity contribution in [3.8, 4) is 5.75 Å². The molecule has 0 unspecified atom stereocenters. The number of carbonyl (C=O) groups excluding carboxylic acids is 1. The second-order valence-corrected chi connectivity index (χ2v) is 5.45. The average Bonchev–Trinajstić information content (AvgIpc) is 2.39. The highest BCUT2D eigenvalue weighted by atomic mass is 32.1. The topological polar surface area (TPSA) is 55.6 Å². The summed E-state index contributed by atoms with van der Waals surface area (Å²) in [6.45, 7) is 4.55. The molecule has 0 saturated carbocycles. The summed E-state index contributed by atoms with van der Waals surface area (Å²) < 4.78 is 5.10. The number of amides is 1. The van der Waals surface area contributed by atoms with Gasteiger partial charge < -0.3 is 15.4 Å². The van der Waals surface area contributed by atoms with E-state index in [9.17, 15) is 4.79 Å². The molecule has 20 heavy (non-hydrogen) atoms. The first-order valence-corrected chi connectivity index (χ1v) is 7.05. The number of carbonyl (C=O) groups is 1. The number of hydrogen-bond donors (Lipinski definition) is 1. The predicted molar refractivity (Wildman–Crippen MR) is 84.9 cm³/mol. The lowest BCUT2D eigenvalue weighted by Crippen LogP contribution is -2.39. The van der Waals surface area contributed by atoms with E-state index in [0.717, 1.165) is 11.3 Å². The van der Waals surface area contributed by atoms with Crippen molar-refractivity contribution >= 4 is 23.1 Å². The van der Waals surface area contributed by atoms with Gasteiger partial charge in [-0.3, -0.25) is 4.79 Å². The highest BCUT2D eigenvalue weighted by Gasteiger charge is 2.17. The quantitative estimate of drug-likeness (QED) is 0.783. The predicted octanol–water partition coefficient (Wildman–Crippen LogP) is 2.15. The van der Waals surface area contributed by atoms with Crippen LogP contribution in [0.4, 0.5) is 0 Å². The second-order valence-electron chi connectivity index (χ2n) is 4.92. The monoisotopic (exact) mass is 294 g/mol. The molecular weight excluding hydrogens is 272 g/mol. The molecule has 1 aromatic carbocycles. The van der Waals surface area contributed by atoms with E-state index in [1.54, 1.807) is 7.11 Å². The number of rotatable bonds is 7. The molecule has 2 N–H and O–H groups in total. The van der Waals surface area contributed by atoms with Gasteiger partial charge in [0, 0.05) is 19.0 Å². The van der Waals surface area contributed by atoms with E-state index in [1.807, 2.05) is 43.0 Å². The Morgan fingerprint density at radius 3 is 2.40 bits per heavy atom. The zero-order valence-corrected chi connectivity index (χ0v) is 13.1. The third-order valence-corrected chi connectivity index (χ3v) is 3.26. The molecule has 0 bridgehead atoms. The summed E-state index contributed by atoms with van der Waals surface area (Å²) in [5.41, 5.74) is 6.47. The van der Waals surface area contributed by atoms with E-state index in [-0.39, 0.29) is 11.9 Å². The van der Waals surface area contributed by atoms with Gasteiger partial charge in [-0.15, -0.1) is 0 Å². The van der Waals surface area contributed by atoms with Gasteiger partial charge in [0.2, 0.25) is 5.91 Å². The smallest absolute Gasteiger partial charge is 0.227 e. The molecule has 1 rings (SSSR count). The number of thiocarbonyl (C=S) groups is 1. The van der Waals surface area contributed by atoms with Crippen LogP contribution in [0.5, 0.6) is 5.75 Å². The highest BCUT2D eigenvalue weighted by molar-refractivity contribution is 7.80. The van der Waals surface area contributed by atoms with Crippen LogP contribution in [-0.4, -0.2) is 35.5 Å². The Morgan fingerprint density at radius 1 is 1.35 bits per heavy atom. The van der Waals surface area contributed by atoms with Gasteiger partial charge in [-0.25, -0.2) is 0 Å². The lowest BCUT2D eigenvalue weighted by molar-refractivity contribution is -0.132. The maximum Gasteiger partial charge on any atom is 0.227 e. The number of hydrogen-bond acceptors (Lipinski definition) is 3. The Morgan fingerprint density at radius 2 is 1.95 bits per heavy atom. The van der Waals surface area contributed by atoms with Gasteiger partial charge in [0.15, 0.2) is 0 Å². The third kappa shape index (κ3) is 5.17. The molecule has 0 saturated heterocycles. The number of nitrogens with zero attached hydrogens (tertiary/aromatic N) is 1. The fourth-order valence-electron chi connectivity index (χ4n) is 1.92. The van der Waals surface area contributed by atoms with Crippen molar-refractivity contribution < 1.29 is 9.53 Å². The van der Waals surface area contributed by atoms with Crippen LogP contribution in [0.3, 0.4) is 0 Å². The summed E-state index contributed by atoms with van der Waals surface area (Å²) >= 11 is 4.87. The minimum atomic E-state index is 0.0846. The first-order chi connectivity index (χ1) is 9.43. The molecule has 1 amide bonds. The minimum absolute atomic E-state index is 0.0846. The van der Waals surface area contributed by atoms with Gasteiger partial charge in [-0.2, -0.15) is 0 Å². The van der Waals surface area contributed by atoms with Crippen LogP contribution < -0.4 is 10.5 Å². The summed E-state index contributed by atoms with van der Waals surface area (Å²) in [4.78, 5) is 14.6. The van der Waals surface area contributed by atoms with Crippen LogP contribution >= 0.6 is 12.2 Å². The zero-order valence-electron chi connectivity index (χ0n) is 12.3. The summed E-state index contributed by atoms with van der Waals surface area (Å²) in [6, 6.07) is 7.66. The van der Waals surface area contributed by atoms with Crippen LogP contribution in [0.2, 0.25) is 0 Å². The van der Waals surface area contributed by atoms with E-state index < -0.39 is 0 Å². The van der Waals surface area contributed by atoms with Gasteiger partial charge in [0.25, 0.3) is 0 Å². The summed E-state index contributed by atoms with van der Waals surface area (Å²) in [5.74, 6) is 0.872. The van der Waals surface area contributed by atoms with E-state index in [2.05, 4.69) is 0 Å². The van der Waals surface area contributed by atoms with Crippen LogP contribution in [0, 0.1) is 0 Å². The average molecular weight is 294 g/mol. The number of methoxy groups -OCH3 is 1. The molecule has 0 atom stereocenters. The van der Waals surface area contributed by atoms with Crippen molar-refractivity contribution in [2.45, 2.75) is 32.7 Å². The first-order valence-electron chi connectivity index (χ1n) is 6.64. The van der Waals surface area contributed by atoms with E-state index >= 15 is 0 Å². The van der Waals surface area contributed by atoms with Crippen LogP contribution in [-0.2, 0) is 11.2 Å². The number of ether oxygens (including phenoxy) is 1. The fraction of sp³-hybridized carbons (Fsp3) is 0.467. The Bertz CT molecular complexity index is 457. The van der Waals surface area contributed by atoms with E-state index in [0.29, 0.717) is 24.4 Å². The molecule has 0 radical (unpaired) electrons. The third-order valence-electron chi connectivity index (χ3n) is 3.06. The molecule has 0 spiro atoms. The van der Waals surface area contributed by atoms with Crippen LogP contribution in [0.1, 0.15) is 25.8 Å². The van der Waals surface area contributed by atoms with Crippen molar-refractivity contribution in [2.75, 3.05) is 13.7 Å². The molecular formula is C15H22N2O2S. The van der Waals surface area contributed by atoms with Crippen LogP contribution in [0.15, 0.2) is 24.3 Å². The molecule has 110 valence electrons. The molecule has 0 fully saturated rings. The molecule has 5 heteroatoms. The number of nitrogens with two attached hydrogens (primary N) is 1. The van der Waals surface area contributed by atoms with Crippen molar-refractivity contribution in [1.82, 2.24) is 4.90 Å².